The molecule has 1 atom stereocenters. The van der Waals surface area contributed by atoms with Crippen LogP contribution in [-0.2, 0) is 12.5 Å². The predicted octanol–water partition coefficient (Wildman–Crippen LogP) is 2.94. The number of aryl methyl sites for hydroxylation is 1. The van der Waals surface area contributed by atoms with Crippen molar-refractivity contribution in [2.75, 3.05) is 0 Å². The number of aromatic nitrogens is 2. The summed E-state index contributed by atoms with van der Waals surface area (Å²) in [5.74, 6) is -0.349. The minimum Gasteiger partial charge on any atom is -0.384 e. The lowest BCUT2D eigenvalue weighted by Gasteiger charge is -2.20. The summed E-state index contributed by atoms with van der Waals surface area (Å²) in [6, 6.07) is 6.03. The maximum Gasteiger partial charge on any atom is 0.123 e. The molecule has 0 aliphatic carbocycles. The fourth-order valence-electron chi connectivity index (χ4n) is 2.15. The second kappa shape index (κ2) is 4.78. The molecule has 0 bridgehead atoms. The van der Waals surface area contributed by atoms with Gasteiger partial charge in [0, 0.05) is 24.2 Å². The zero-order chi connectivity index (χ0) is 14.2. The number of hydrogen-bond donors (Lipinski definition) is 1. The van der Waals surface area contributed by atoms with Crippen LogP contribution in [0.4, 0.5) is 4.39 Å². The number of aliphatic hydroxyl groups excluding tert-OH is 1. The molecule has 1 aromatic heterocycles. The minimum absolute atomic E-state index is 0.176. The molecule has 102 valence electrons. The molecule has 0 saturated carbocycles. The first kappa shape index (κ1) is 13.7. The summed E-state index contributed by atoms with van der Waals surface area (Å²) in [7, 11) is 1.82. The fraction of sp³-hybridized carbons (Fsp3) is 0.400. The van der Waals surface area contributed by atoms with Gasteiger partial charge in [-0.25, -0.2) is 4.39 Å². The monoisotopic (exact) mass is 262 g/mol. The largest absolute Gasteiger partial charge is 0.384 e. The van der Waals surface area contributed by atoms with E-state index in [1.807, 2.05) is 27.8 Å². The van der Waals surface area contributed by atoms with Gasteiger partial charge in [-0.2, -0.15) is 5.10 Å². The van der Waals surface area contributed by atoms with Gasteiger partial charge in [0.1, 0.15) is 11.9 Å². The second-order valence-corrected chi connectivity index (χ2v) is 5.81. The van der Waals surface area contributed by atoms with E-state index in [-0.39, 0.29) is 11.2 Å². The van der Waals surface area contributed by atoms with Gasteiger partial charge in [0.25, 0.3) is 0 Å². The Hall–Kier alpha value is -1.68. The van der Waals surface area contributed by atoms with Crippen molar-refractivity contribution in [2.45, 2.75) is 32.3 Å². The first-order valence-corrected chi connectivity index (χ1v) is 6.26. The van der Waals surface area contributed by atoms with E-state index < -0.39 is 6.10 Å². The summed E-state index contributed by atoms with van der Waals surface area (Å²) in [6.07, 6.45) is 0.925. The Morgan fingerprint density at radius 2 is 2.00 bits per heavy atom. The van der Waals surface area contributed by atoms with Gasteiger partial charge < -0.3 is 5.11 Å². The van der Waals surface area contributed by atoms with Crippen molar-refractivity contribution < 1.29 is 9.50 Å². The molecule has 1 N–H and O–H groups in total. The summed E-state index contributed by atoms with van der Waals surface area (Å²) in [4.78, 5) is 0. The van der Waals surface area contributed by atoms with Crippen LogP contribution in [0, 0.1) is 5.82 Å². The average molecular weight is 262 g/mol. The van der Waals surface area contributed by atoms with Gasteiger partial charge in [-0.1, -0.05) is 32.9 Å². The third-order valence-corrected chi connectivity index (χ3v) is 3.03. The van der Waals surface area contributed by atoms with E-state index in [4.69, 9.17) is 0 Å². The highest BCUT2D eigenvalue weighted by atomic mass is 19.1. The van der Waals surface area contributed by atoms with Gasteiger partial charge in [-0.3, -0.25) is 4.68 Å². The molecule has 0 amide bonds. The van der Waals surface area contributed by atoms with E-state index in [9.17, 15) is 9.50 Å². The lowest BCUT2D eigenvalue weighted by atomic mass is 9.87. The molecule has 1 aromatic carbocycles. The summed E-state index contributed by atoms with van der Waals surface area (Å²) in [5, 5.41) is 14.9. The Morgan fingerprint density at radius 3 is 2.58 bits per heavy atom. The molecule has 1 heterocycles. The molecule has 2 rings (SSSR count). The number of benzene rings is 1. The van der Waals surface area contributed by atoms with E-state index in [0.717, 1.165) is 11.3 Å². The molecule has 4 heteroatoms. The van der Waals surface area contributed by atoms with Crippen LogP contribution in [0.25, 0.3) is 0 Å². The van der Waals surface area contributed by atoms with E-state index >= 15 is 0 Å². The Bertz CT molecular complexity index is 584. The van der Waals surface area contributed by atoms with Gasteiger partial charge >= 0.3 is 0 Å². The van der Waals surface area contributed by atoms with Gasteiger partial charge in [-0.05, 0) is 17.7 Å². The first-order valence-electron chi connectivity index (χ1n) is 6.26. The highest BCUT2D eigenvalue weighted by molar-refractivity contribution is 5.34. The maximum absolute atomic E-state index is 13.3. The van der Waals surface area contributed by atoms with E-state index in [1.165, 1.54) is 12.1 Å². The number of halogens is 1. The molecule has 2 aromatic rings. The molecule has 3 nitrogen and oxygen atoms in total. The van der Waals surface area contributed by atoms with Crippen molar-refractivity contribution in [1.82, 2.24) is 9.78 Å². The van der Waals surface area contributed by atoms with E-state index in [2.05, 4.69) is 5.10 Å². The molecule has 0 saturated heterocycles. The topological polar surface area (TPSA) is 38.0 Å². The van der Waals surface area contributed by atoms with Gasteiger partial charge in [0.15, 0.2) is 0 Å². The zero-order valence-electron chi connectivity index (χ0n) is 11.7. The van der Waals surface area contributed by atoms with Gasteiger partial charge in [0.2, 0.25) is 0 Å². The van der Waals surface area contributed by atoms with Crippen LogP contribution in [0.1, 0.15) is 43.7 Å². The van der Waals surface area contributed by atoms with Crippen LogP contribution in [0.2, 0.25) is 0 Å². The van der Waals surface area contributed by atoms with Crippen molar-refractivity contribution in [3.8, 4) is 0 Å². The molecule has 1 unspecified atom stereocenters. The van der Waals surface area contributed by atoms with Crippen molar-refractivity contribution in [1.29, 1.82) is 0 Å². The van der Waals surface area contributed by atoms with Crippen molar-refractivity contribution in [2.24, 2.45) is 7.05 Å². The van der Waals surface area contributed by atoms with Crippen LogP contribution in [-0.4, -0.2) is 14.9 Å². The zero-order valence-corrected chi connectivity index (χ0v) is 11.7. The van der Waals surface area contributed by atoms with E-state index in [1.54, 1.807) is 23.0 Å². The smallest absolute Gasteiger partial charge is 0.123 e. The standard InChI is InChI=1S/C15H19FN2O/c1-15(2,3)14-12(9-18(4)17-14)13(19)10-6-5-7-11(16)8-10/h5-9,13,19H,1-4H3. The van der Waals surface area contributed by atoms with Crippen LogP contribution in [0.3, 0.4) is 0 Å². The first-order chi connectivity index (χ1) is 8.79. The van der Waals surface area contributed by atoms with Crippen molar-refractivity contribution >= 4 is 0 Å². The Balaban J connectivity index is 2.47. The number of rotatable bonds is 2. The quantitative estimate of drug-likeness (QED) is 0.903. The fourth-order valence-corrected chi connectivity index (χ4v) is 2.15. The highest BCUT2D eigenvalue weighted by Gasteiger charge is 2.26. The molecule has 0 fully saturated rings. The normalized spacial score (nSPS) is 13.6. The lowest BCUT2D eigenvalue weighted by molar-refractivity contribution is 0.217. The third-order valence-electron chi connectivity index (χ3n) is 3.03. The van der Waals surface area contributed by atoms with Crippen LogP contribution >= 0.6 is 0 Å². The average Bonchev–Trinajstić information content (AvgIpc) is 2.70. The molecular weight excluding hydrogens is 243 g/mol. The lowest BCUT2D eigenvalue weighted by Crippen LogP contribution is -2.16. The predicted molar refractivity (Wildman–Crippen MR) is 72.4 cm³/mol. The summed E-state index contributed by atoms with van der Waals surface area (Å²) >= 11 is 0. The van der Waals surface area contributed by atoms with Gasteiger partial charge in [0.05, 0.1) is 5.69 Å². The molecular formula is C15H19FN2O. The van der Waals surface area contributed by atoms with Crippen LogP contribution < -0.4 is 0 Å². The Kier molecular flexibility index (Phi) is 3.45. The van der Waals surface area contributed by atoms with Crippen LogP contribution in [0.5, 0.6) is 0 Å². The molecule has 0 aliphatic rings. The van der Waals surface area contributed by atoms with Crippen molar-refractivity contribution in [3.63, 3.8) is 0 Å². The third kappa shape index (κ3) is 2.84. The van der Waals surface area contributed by atoms with E-state index in [0.29, 0.717) is 5.56 Å². The molecule has 0 aliphatic heterocycles. The Labute approximate surface area is 112 Å². The maximum atomic E-state index is 13.3. The number of aliphatic hydroxyl groups is 1. The summed E-state index contributed by atoms with van der Waals surface area (Å²) in [5.41, 5.74) is 1.91. The van der Waals surface area contributed by atoms with Crippen molar-refractivity contribution in [3.05, 3.63) is 53.1 Å². The minimum atomic E-state index is -0.862. The molecule has 0 radical (unpaired) electrons. The number of nitrogens with zero attached hydrogens (tertiary/aromatic N) is 2. The van der Waals surface area contributed by atoms with Crippen LogP contribution in [0.15, 0.2) is 30.5 Å². The summed E-state index contributed by atoms with van der Waals surface area (Å²) < 4.78 is 14.9. The SMILES string of the molecule is Cn1cc(C(O)c2cccc(F)c2)c(C(C)(C)C)n1. The number of hydrogen-bond acceptors (Lipinski definition) is 2. The molecule has 0 spiro atoms. The Morgan fingerprint density at radius 1 is 1.32 bits per heavy atom. The highest BCUT2D eigenvalue weighted by Crippen LogP contribution is 2.31. The molecule has 19 heavy (non-hydrogen) atoms. The summed E-state index contributed by atoms with van der Waals surface area (Å²) in [6.45, 7) is 6.12. The second-order valence-electron chi connectivity index (χ2n) is 5.81. The van der Waals surface area contributed by atoms with Gasteiger partial charge in [-0.15, -0.1) is 0 Å².